The Balaban J connectivity index is 1.84. The van der Waals surface area contributed by atoms with E-state index in [0.717, 1.165) is 23.1 Å². The van der Waals surface area contributed by atoms with Crippen LogP contribution in [0.2, 0.25) is 0 Å². The van der Waals surface area contributed by atoms with Gasteiger partial charge in [0, 0.05) is 24.4 Å². The van der Waals surface area contributed by atoms with Crippen LogP contribution in [0.15, 0.2) is 79.1 Å². The molecule has 1 unspecified atom stereocenters. The number of benzene rings is 2. The van der Waals surface area contributed by atoms with Crippen LogP contribution < -0.4 is 0 Å². The molecule has 0 amide bonds. The van der Waals surface area contributed by atoms with E-state index in [1.807, 2.05) is 71.3 Å². The number of hydrogen-bond donors (Lipinski definition) is 2. The Hall–Kier alpha value is -4.53. The third kappa shape index (κ3) is 3.77. The van der Waals surface area contributed by atoms with E-state index < -0.39 is 12.0 Å². The first-order valence-electron chi connectivity index (χ1n) is 11.0. The molecule has 0 saturated heterocycles. The summed E-state index contributed by atoms with van der Waals surface area (Å²) in [6.07, 6.45) is 5.05. The highest BCUT2D eigenvalue weighted by atomic mass is 16.4. The van der Waals surface area contributed by atoms with E-state index in [1.165, 1.54) is 0 Å². The average molecular weight is 454 g/mol. The van der Waals surface area contributed by atoms with Gasteiger partial charge in [0.05, 0.1) is 6.04 Å². The lowest BCUT2D eigenvalue weighted by molar-refractivity contribution is 0.0684. The number of aromatic amines is 1. The molecular formula is C25H23N7O2. The minimum absolute atomic E-state index is 0.122. The van der Waals surface area contributed by atoms with Gasteiger partial charge in [0.1, 0.15) is 5.82 Å². The summed E-state index contributed by atoms with van der Waals surface area (Å²) in [5, 5.41) is 25.0. The third-order valence-corrected chi connectivity index (χ3v) is 5.71. The summed E-state index contributed by atoms with van der Waals surface area (Å²) >= 11 is 0. The lowest BCUT2D eigenvalue weighted by Gasteiger charge is -2.25. The molecule has 0 spiro atoms. The van der Waals surface area contributed by atoms with Gasteiger partial charge in [-0.15, -0.1) is 10.2 Å². The van der Waals surface area contributed by atoms with Crippen molar-refractivity contribution in [2.45, 2.75) is 25.8 Å². The maximum absolute atomic E-state index is 12.7. The molecule has 34 heavy (non-hydrogen) atoms. The van der Waals surface area contributed by atoms with Crippen LogP contribution in [0.3, 0.4) is 0 Å². The summed E-state index contributed by atoms with van der Waals surface area (Å²) in [6.45, 7) is 2.06. The quantitative estimate of drug-likeness (QED) is 0.365. The lowest BCUT2D eigenvalue weighted by atomic mass is 9.93. The predicted octanol–water partition coefficient (Wildman–Crippen LogP) is 4.14. The zero-order valence-electron chi connectivity index (χ0n) is 18.5. The van der Waals surface area contributed by atoms with Gasteiger partial charge in [-0.2, -0.15) is 5.21 Å². The number of hydrogen-bond acceptors (Lipinski definition) is 5. The maximum Gasteiger partial charge on any atom is 0.356 e. The largest absolute Gasteiger partial charge is 0.476 e. The summed E-state index contributed by atoms with van der Waals surface area (Å²) < 4.78 is 3.58. The van der Waals surface area contributed by atoms with Gasteiger partial charge in [0.15, 0.2) is 11.5 Å². The van der Waals surface area contributed by atoms with Gasteiger partial charge in [-0.1, -0.05) is 61.5 Å². The van der Waals surface area contributed by atoms with E-state index in [1.54, 1.807) is 17.0 Å². The topological polar surface area (TPSA) is 115 Å². The smallest absolute Gasteiger partial charge is 0.356 e. The van der Waals surface area contributed by atoms with Crippen LogP contribution in [0.4, 0.5) is 0 Å². The second kappa shape index (κ2) is 9.14. The maximum atomic E-state index is 12.7. The standard InChI is InChI=1S/C25H23N7O2/c1-2-10-20-26-24(31-15-8-9-16-31)22(25(33)34)32(20)21(17-11-4-3-5-12-17)18-13-6-7-14-19(18)23-27-29-30-28-23/h3-9,11-16,21H,2,10H2,1H3,(H,33,34)(H,27,28,29,30). The van der Waals surface area contributed by atoms with Crippen LogP contribution in [0.5, 0.6) is 0 Å². The summed E-state index contributed by atoms with van der Waals surface area (Å²) in [5.74, 6) is 0.479. The Morgan fingerprint density at radius 2 is 1.76 bits per heavy atom. The number of imidazole rings is 1. The molecule has 0 aliphatic carbocycles. The first kappa shape index (κ1) is 21.3. The zero-order chi connectivity index (χ0) is 23.5. The minimum Gasteiger partial charge on any atom is -0.476 e. The molecule has 0 saturated carbocycles. The number of rotatable bonds is 8. The molecule has 5 aromatic rings. The molecule has 3 aromatic heterocycles. The van der Waals surface area contributed by atoms with Crippen molar-refractivity contribution < 1.29 is 9.90 Å². The van der Waals surface area contributed by atoms with Crippen LogP contribution in [0.25, 0.3) is 17.2 Å². The van der Waals surface area contributed by atoms with Crippen LogP contribution in [0.1, 0.15) is 46.8 Å². The van der Waals surface area contributed by atoms with E-state index in [0.29, 0.717) is 23.9 Å². The monoisotopic (exact) mass is 453 g/mol. The lowest BCUT2D eigenvalue weighted by Crippen LogP contribution is -2.21. The normalized spacial score (nSPS) is 12.0. The van der Waals surface area contributed by atoms with Crippen LogP contribution in [-0.4, -0.2) is 45.8 Å². The molecule has 2 N–H and O–H groups in total. The SMILES string of the molecule is CCCc1nc(-n2cccc2)c(C(=O)O)n1C(c1ccccc1)c1ccccc1-c1nn[nH]n1. The third-order valence-electron chi connectivity index (χ3n) is 5.71. The Morgan fingerprint density at radius 3 is 2.44 bits per heavy atom. The Bertz CT molecular complexity index is 1390. The van der Waals surface area contributed by atoms with Crippen LogP contribution in [-0.2, 0) is 6.42 Å². The highest BCUT2D eigenvalue weighted by Gasteiger charge is 2.31. The van der Waals surface area contributed by atoms with Crippen molar-refractivity contribution in [1.29, 1.82) is 0 Å². The van der Waals surface area contributed by atoms with Crippen molar-refractivity contribution in [3.63, 3.8) is 0 Å². The highest BCUT2D eigenvalue weighted by Crippen LogP contribution is 2.36. The predicted molar refractivity (Wildman–Crippen MR) is 126 cm³/mol. The Labute approximate surface area is 195 Å². The molecule has 1 atom stereocenters. The second-order valence-electron chi connectivity index (χ2n) is 7.85. The Morgan fingerprint density at radius 1 is 1.03 bits per heavy atom. The molecule has 0 aliphatic heterocycles. The summed E-state index contributed by atoms with van der Waals surface area (Å²) in [4.78, 5) is 17.5. The first-order valence-corrected chi connectivity index (χ1v) is 11.0. The number of H-pyrrole nitrogens is 1. The number of aromatic carboxylic acids is 1. The molecule has 0 radical (unpaired) electrons. The summed E-state index contributed by atoms with van der Waals surface area (Å²) in [7, 11) is 0. The van der Waals surface area contributed by atoms with Crippen molar-refractivity contribution in [3.8, 4) is 17.2 Å². The molecule has 9 heteroatoms. The number of aromatic nitrogens is 7. The van der Waals surface area contributed by atoms with Gasteiger partial charge in [-0.05, 0) is 34.9 Å². The van der Waals surface area contributed by atoms with Crippen molar-refractivity contribution >= 4 is 5.97 Å². The highest BCUT2D eigenvalue weighted by molar-refractivity contribution is 5.90. The second-order valence-corrected chi connectivity index (χ2v) is 7.85. The minimum atomic E-state index is -1.04. The molecule has 0 bridgehead atoms. The molecule has 2 aromatic carbocycles. The van der Waals surface area contributed by atoms with Crippen LogP contribution in [0, 0.1) is 0 Å². The molecular weight excluding hydrogens is 430 g/mol. The van der Waals surface area contributed by atoms with E-state index >= 15 is 0 Å². The van der Waals surface area contributed by atoms with Gasteiger partial charge < -0.3 is 14.2 Å². The van der Waals surface area contributed by atoms with Crippen molar-refractivity contribution in [2.24, 2.45) is 0 Å². The Kier molecular flexibility index (Phi) is 5.73. The number of carboxylic acid groups (broad SMARTS) is 1. The van der Waals surface area contributed by atoms with Gasteiger partial charge in [0.25, 0.3) is 0 Å². The fourth-order valence-corrected chi connectivity index (χ4v) is 4.32. The fraction of sp³-hybridized carbons (Fsp3) is 0.160. The summed E-state index contributed by atoms with van der Waals surface area (Å²) in [6, 6.07) is 20.8. The fourth-order valence-electron chi connectivity index (χ4n) is 4.32. The van der Waals surface area contributed by atoms with Crippen molar-refractivity contribution in [3.05, 3.63) is 102 Å². The van der Waals surface area contributed by atoms with E-state index in [-0.39, 0.29) is 5.69 Å². The molecule has 170 valence electrons. The van der Waals surface area contributed by atoms with E-state index in [9.17, 15) is 9.90 Å². The number of aryl methyl sites for hydroxylation is 1. The van der Waals surface area contributed by atoms with Crippen molar-refractivity contribution in [1.82, 2.24) is 34.7 Å². The van der Waals surface area contributed by atoms with Gasteiger partial charge >= 0.3 is 5.97 Å². The average Bonchev–Trinajstić information content (AvgIpc) is 3.62. The number of carboxylic acids is 1. The van der Waals surface area contributed by atoms with Gasteiger partial charge in [-0.25, -0.2) is 9.78 Å². The molecule has 5 rings (SSSR count). The molecule has 9 nitrogen and oxygen atoms in total. The number of nitrogens with one attached hydrogen (secondary N) is 1. The van der Waals surface area contributed by atoms with Gasteiger partial charge in [0.2, 0.25) is 5.82 Å². The number of tetrazole rings is 1. The van der Waals surface area contributed by atoms with Crippen molar-refractivity contribution in [2.75, 3.05) is 0 Å². The molecule has 0 aliphatic rings. The molecule has 3 heterocycles. The van der Waals surface area contributed by atoms with Gasteiger partial charge in [-0.3, -0.25) is 0 Å². The van der Waals surface area contributed by atoms with E-state index in [4.69, 9.17) is 4.98 Å². The number of nitrogens with zero attached hydrogens (tertiary/aromatic N) is 6. The van der Waals surface area contributed by atoms with E-state index in [2.05, 4.69) is 27.5 Å². The van der Waals surface area contributed by atoms with Crippen LogP contribution >= 0.6 is 0 Å². The number of carbonyl (C=O) groups is 1. The first-order chi connectivity index (χ1) is 16.7. The zero-order valence-corrected chi connectivity index (χ0v) is 18.5. The summed E-state index contributed by atoms with van der Waals surface area (Å²) in [5.41, 5.74) is 2.66. The molecule has 0 fully saturated rings.